The van der Waals surface area contributed by atoms with E-state index in [1.54, 1.807) is 10.6 Å². The second-order valence-electron chi connectivity index (χ2n) is 7.40. The van der Waals surface area contributed by atoms with Crippen LogP contribution in [0.4, 0.5) is 0 Å². The molecule has 2 atom stereocenters. The Morgan fingerprint density at radius 1 is 0.727 bits per heavy atom. The number of rotatable bonds is 10. The SMILES string of the molecule is CC(C)CCC[P@](C)c1ccccc1[P@@](C)CCCC(C)C. The van der Waals surface area contributed by atoms with E-state index in [0.717, 1.165) is 11.8 Å². The van der Waals surface area contributed by atoms with Gasteiger partial charge in [0.05, 0.1) is 0 Å². The minimum atomic E-state index is 0.0292. The predicted molar refractivity (Wildman–Crippen MR) is 109 cm³/mol. The summed E-state index contributed by atoms with van der Waals surface area (Å²) in [6.45, 7) is 14.3. The molecule has 1 rings (SSSR count). The zero-order valence-corrected chi connectivity index (χ0v) is 17.4. The maximum absolute atomic E-state index is 2.49. The summed E-state index contributed by atoms with van der Waals surface area (Å²) in [7, 11) is 0.0584. The summed E-state index contributed by atoms with van der Waals surface area (Å²) in [6.07, 6.45) is 8.35. The van der Waals surface area contributed by atoms with E-state index in [9.17, 15) is 0 Å². The maximum Gasteiger partial charge on any atom is -0.0167 e. The lowest BCUT2D eigenvalue weighted by Crippen LogP contribution is -2.22. The van der Waals surface area contributed by atoms with Crippen molar-refractivity contribution in [3.8, 4) is 0 Å². The van der Waals surface area contributed by atoms with Crippen LogP contribution >= 0.6 is 15.8 Å². The van der Waals surface area contributed by atoms with E-state index >= 15 is 0 Å². The Labute approximate surface area is 142 Å². The Kier molecular flexibility index (Phi) is 9.86. The van der Waals surface area contributed by atoms with Gasteiger partial charge >= 0.3 is 0 Å². The first-order chi connectivity index (χ1) is 10.4. The lowest BCUT2D eigenvalue weighted by Gasteiger charge is -2.22. The molecule has 2 heteroatoms. The van der Waals surface area contributed by atoms with Gasteiger partial charge in [0.1, 0.15) is 0 Å². The minimum absolute atomic E-state index is 0.0292. The third-order valence-corrected chi connectivity index (χ3v) is 8.83. The number of benzene rings is 1. The molecule has 0 bridgehead atoms. The van der Waals surface area contributed by atoms with Crippen LogP contribution in [0.5, 0.6) is 0 Å². The molecule has 126 valence electrons. The van der Waals surface area contributed by atoms with Crippen LogP contribution < -0.4 is 10.6 Å². The number of hydrogen-bond donors (Lipinski definition) is 0. The van der Waals surface area contributed by atoms with Crippen LogP contribution in [-0.4, -0.2) is 25.7 Å². The van der Waals surface area contributed by atoms with Crippen LogP contribution in [-0.2, 0) is 0 Å². The third kappa shape index (κ3) is 7.57. The summed E-state index contributed by atoms with van der Waals surface area (Å²) >= 11 is 0. The Balaban J connectivity index is 2.63. The van der Waals surface area contributed by atoms with Crippen molar-refractivity contribution in [1.29, 1.82) is 0 Å². The van der Waals surface area contributed by atoms with E-state index in [2.05, 4.69) is 65.3 Å². The first-order valence-corrected chi connectivity index (χ1v) is 12.9. The molecule has 0 aliphatic heterocycles. The normalized spacial score (nSPS) is 14.5. The van der Waals surface area contributed by atoms with Crippen molar-refractivity contribution >= 4 is 26.5 Å². The van der Waals surface area contributed by atoms with Crippen LogP contribution in [0.15, 0.2) is 24.3 Å². The van der Waals surface area contributed by atoms with E-state index in [4.69, 9.17) is 0 Å². The van der Waals surface area contributed by atoms with E-state index < -0.39 is 0 Å². The summed E-state index contributed by atoms with van der Waals surface area (Å²) in [6, 6.07) is 9.32. The molecule has 0 unspecified atom stereocenters. The molecule has 0 N–H and O–H groups in total. The van der Waals surface area contributed by atoms with Crippen molar-refractivity contribution in [2.24, 2.45) is 11.8 Å². The quantitative estimate of drug-likeness (QED) is 0.457. The first kappa shape index (κ1) is 20.1. The molecule has 0 fully saturated rings. The van der Waals surface area contributed by atoms with E-state index in [-0.39, 0.29) is 15.8 Å². The van der Waals surface area contributed by atoms with Crippen LogP contribution in [0.2, 0.25) is 0 Å². The lowest BCUT2D eigenvalue weighted by atomic mass is 10.1. The molecule has 1 aromatic carbocycles. The van der Waals surface area contributed by atoms with Gasteiger partial charge < -0.3 is 0 Å². The molecule has 0 nitrogen and oxygen atoms in total. The fourth-order valence-corrected chi connectivity index (χ4v) is 7.26. The molecule has 0 saturated heterocycles. The molecule has 0 saturated carbocycles. The molecule has 0 aliphatic rings. The van der Waals surface area contributed by atoms with E-state index in [1.165, 1.54) is 38.0 Å². The van der Waals surface area contributed by atoms with Crippen molar-refractivity contribution in [3.05, 3.63) is 24.3 Å². The molecule has 0 aromatic heterocycles. The van der Waals surface area contributed by atoms with Gasteiger partial charge in [0.15, 0.2) is 0 Å². The average Bonchev–Trinajstić information content (AvgIpc) is 2.46. The van der Waals surface area contributed by atoms with Gasteiger partial charge in [-0.05, 0) is 60.9 Å². The summed E-state index contributed by atoms with van der Waals surface area (Å²) < 4.78 is 0. The van der Waals surface area contributed by atoms with Crippen molar-refractivity contribution in [2.75, 3.05) is 25.7 Å². The Morgan fingerprint density at radius 3 is 1.41 bits per heavy atom. The Morgan fingerprint density at radius 2 is 1.09 bits per heavy atom. The van der Waals surface area contributed by atoms with Gasteiger partial charge in [-0.2, -0.15) is 0 Å². The highest BCUT2D eigenvalue weighted by molar-refractivity contribution is 7.71. The van der Waals surface area contributed by atoms with Gasteiger partial charge in [-0.25, -0.2) is 0 Å². The minimum Gasteiger partial charge on any atom is -0.0778 e. The fraction of sp³-hybridized carbons (Fsp3) is 0.700. The van der Waals surface area contributed by atoms with E-state index in [1.807, 2.05) is 0 Å². The second kappa shape index (κ2) is 10.8. The summed E-state index contributed by atoms with van der Waals surface area (Å²) in [5.41, 5.74) is 0. The van der Waals surface area contributed by atoms with Gasteiger partial charge in [0, 0.05) is 0 Å². The topological polar surface area (TPSA) is 0 Å². The molecule has 1 aromatic rings. The van der Waals surface area contributed by atoms with Crippen molar-refractivity contribution in [3.63, 3.8) is 0 Å². The lowest BCUT2D eigenvalue weighted by molar-refractivity contribution is 0.578. The number of hydrogen-bond acceptors (Lipinski definition) is 0. The molecule has 0 amide bonds. The van der Waals surface area contributed by atoms with Crippen LogP contribution in [0.3, 0.4) is 0 Å². The van der Waals surface area contributed by atoms with Crippen LogP contribution in [0, 0.1) is 11.8 Å². The first-order valence-electron chi connectivity index (χ1n) is 8.93. The van der Waals surface area contributed by atoms with Crippen molar-refractivity contribution in [1.82, 2.24) is 0 Å². The molecular weight excluding hydrogens is 302 g/mol. The summed E-state index contributed by atoms with van der Waals surface area (Å²) in [5.74, 6) is 1.69. The largest absolute Gasteiger partial charge is 0.0778 e. The molecule has 0 aliphatic carbocycles. The predicted octanol–water partition coefficient (Wildman–Crippen LogP) is 6.03. The maximum atomic E-state index is 2.49. The Hall–Kier alpha value is 0.0800. The molecule has 0 heterocycles. The second-order valence-corrected chi connectivity index (χ2v) is 12.1. The standard InChI is InChI=1S/C20H36P2/c1-17(2)11-9-15-21(5)19-13-7-8-14-20(19)22(6)16-10-12-18(3)4/h7-8,13-14,17-18H,9-12,15-16H2,1-6H3/t21-,22-/m0/s1. The fourth-order valence-electron chi connectivity index (χ4n) is 2.82. The van der Waals surface area contributed by atoms with Gasteiger partial charge in [-0.3, -0.25) is 0 Å². The zero-order chi connectivity index (χ0) is 16.5. The summed E-state index contributed by atoms with van der Waals surface area (Å²) in [4.78, 5) is 0. The van der Waals surface area contributed by atoms with Crippen molar-refractivity contribution in [2.45, 2.75) is 53.4 Å². The van der Waals surface area contributed by atoms with E-state index in [0.29, 0.717) is 0 Å². The monoisotopic (exact) mass is 338 g/mol. The van der Waals surface area contributed by atoms with Crippen molar-refractivity contribution < 1.29 is 0 Å². The van der Waals surface area contributed by atoms with Gasteiger partial charge in [-0.1, -0.05) is 80.6 Å². The molecule has 0 radical (unpaired) electrons. The third-order valence-electron chi connectivity index (χ3n) is 4.25. The van der Waals surface area contributed by atoms with Gasteiger partial charge in [-0.15, -0.1) is 0 Å². The highest BCUT2D eigenvalue weighted by Crippen LogP contribution is 2.37. The zero-order valence-electron chi connectivity index (χ0n) is 15.6. The average molecular weight is 338 g/mol. The summed E-state index contributed by atoms with van der Waals surface area (Å²) in [5, 5.41) is 3.39. The van der Waals surface area contributed by atoms with Crippen LogP contribution in [0.25, 0.3) is 0 Å². The van der Waals surface area contributed by atoms with Gasteiger partial charge in [0.25, 0.3) is 0 Å². The Bertz CT molecular complexity index is 373. The highest BCUT2D eigenvalue weighted by atomic mass is 31.1. The van der Waals surface area contributed by atoms with Gasteiger partial charge in [0.2, 0.25) is 0 Å². The smallest absolute Gasteiger partial charge is 0.0167 e. The molecular formula is C20H36P2. The van der Waals surface area contributed by atoms with Crippen LogP contribution in [0.1, 0.15) is 53.4 Å². The highest BCUT2D eigenvalue weighted by Gasteiger charge is 2.14. The molecule has 22 heavy (non-hydrogen) atoms. The molecule has 0 spiro atoms.